The number of fused-ring (bicyclic) bond motifs is 1. The highest BCUT2D eigenvalue weighted by molar-refractivity contribution is 8.00. The zero-order chi connectivity index (χ0) is 18.7. The molecular weight excluding hydrogens is 356 g/mol. The third-order valence-corrected chi connectivity index (χ3v) is 5.96. The van der Waals surface area contributed by atoms with E-state index < -0.39 is 19.4 Å². The van der Waals surface area contributed by atoms with Gasteiger partial charge in [0.15, 0.2) is 0 Å². The summed E-state index contributed by atoms with van der Waals surface area (Å²) in [5, 5.41) is 0.0463. The fourth-order valence-electron chi connectivity index (χ4n) is 2.44. The van der Waals surface area contributed by atoms with Crippen molar-refractivity contribution < 1.29 is 14.0 Å². The van der Waals surface area contributed by atoms with Gasteiger partial charge in [0.25, 0.3) is 0 Å². The van der Waals surface area contributed by atoms with Crippen LogP contribution in [-0.4, -0.2) is 53.4 Å². The highest BCUT2D eigenvalue weighted by Crippen LogP contribution is 2.40. The molecule has 24 heavy (non-hydrogen) atoms. The number of allylic oxidation sites excluding steroid dienone is 2. The van der Waals surface area contributed by atoms with E-state index in [0.717, 1.165) is 11.3 Å². The van der Waals surface area contributed by atoms with Crippen LogP contribution in [0.15, 0.2) is 23.4 Å². The van der Waals surface area contributed by atoms with Crippen LogP contribution in [0.4, 0.5) is 0 Å². The molecule has 0 aromatic carbocycles. The number of amides is 1. The minimum atomic E-state index is -0.831. The molecule has 8 heteroatoms. The highest BCUT2D eigenvalue weighted by Gasteiger charge is 2.52. The molecule has 2 aliphatic rings. The van der Waals surface area contributed by atoms with Gasteiger partial charge in [0.1, 0.15) is 17.1 Å². The van der Waals surface area contributed by atoms with Gasteiger partial charge in [-0.3, -0.25) is 9.69 Å². The topological polar surface area (TPSA) is 58.6 Å². The van der Waals surface area contributed by atoms with Crippen molar-refractivity contribution in [3.05, 3.63) is 23.4 Å². The highest BCUT2D eigenvalue weighted by atomic mass is 32.2. The molecule has 0 aromatic rings. The number of thioether (sulfide) groups is 1. The third kappa shape index (κ3) is 5.08. The van der Waals surface area contributed by atoms with E-state index >= 15 is 0 Å². The zero-order valence-electron chi connectivity index (χ0n) is 16.0. The maximum absolute atomic E-state index is 12.3. The van der Waals surface area contributed by atoms with Gasteiger partial charge in [0.05, 0.1) is 9.68 Å². The van der Waals surface area contributed by atoms with Crippen LogP contribution < -0.4 is 4.98 Å². The van der Waals surface area contributed by atoms with Crippen LogP contribution in [-0.2, 0) is 14.0 Å². The van der Waals surface area contributed by atoms with Gasteiger partial charge >= 0.3 is 5.97 Å². The Morgan fingerprint density at radius 3 is 2.46 bits per heavy atom. The average Bonchev–Trinajstić information content (AvgIpc) is 2.63. The lowest BCUT2D eigenvalue weighted by atomic mass is 10.0. The standard InChI is InChI=1S/C12H20N2O3SSi2.2C2H6/c1-4-5-7-6-18-11-8(13-19-2)10(15)14(11)9(7)12(16)17-20-3;2*1-2/h4-5,8,11,13H,6,19-20H2,1-3H3;2*1-2H3/b5-4-;;. The molecule has 2 rings (SSSR count). The van der Waals surface area contributed by atoms with Crippen LogP contribution in [0, 0.1) is 0 Å². The molecule has 2 aliphatic heterocycles. The van der Waals surface area contributed by atoms with E-state index in [1.165, 1.54) is 0 Å². The molecular formula is C16H32N2O3SSi2. The number of rotatable bonds is 5. The van der Waals surface area contributed by atoms with Gasteiger partial charge in [-0.2, -0.15) is 0 Å². The van der Waals surface area contributed by atoms with Crippen molar-refractivity contribution in [1.82, 2.24) is 9.88 Å². The fourth-order valence-corrected chi connectivity index (χ4v) is 5.19. The van der Waals surface area contributed by atoms with Gasteiger partial charge < -0.3 is 9.41 Å². The molecule has 0 radical (unpaired) electrons. The van der Waals surface area contributed by atoms with Crippen molar-refractivity contribution >= 4 is 43.1 Å². The van der Waals surface area contributed by atoms with Crippen molar-refractivity contribution in [2.75, 3.05) is 5.75 Å². The third-order valence-electron chi connectivity index (χ3n) is 3.26. The van der Waals surface area contributed by atoms with E-state index in [4.69, 9.17) is 4.43 Å². The Labute approximate surface area is 155 Å². The molecule has 2 heterocycles. The summed E-state index contributed by atoms with van der Waals surface area (Å²) in [6, 6.07) is -0.120. The maximum atomic E-state index is 12.3. The van der Waals surface area contributed by atoms with E-state index in [1.54, 1.807) is 16.7 Å². The van der Waals surface area contributed by atoms with Crippen molar-refractivity contribution in [1.29, 1.82) is 0 Å². The summed E-state index contributed by atoms with van der Waals surface area (Å²) in [7, 11) is -1.22. The predicted octanol–water partition coefficient (Wildman–Crippen LogP) is 1.55. The molecule has 1 fully saturated rings. The lowest BCUT2D eigenvalue weighted by molar-refractivity contribution is -0.147. The summed E-state index contributed by atoms with van der Waals surface area (Å²) < 4.78 is 5.25. The molecule has 0 spiro atoms. The van der Waals surface area contributed by atoms with E-state index in [-0.39, 0.29) is 23.3 Å². The second-order valence-electron chi connectivity index (χ2n) is 4.54. The summed E-state index contributed by atoms with van der Waals surface area (Å²) in [6.45, 7) is 13.9. The summed E-state index contributed by atoms with van der Waals surface area (Å²) in [6.07, 6.45) is 3.80. The molecule has 0 aliphatic carbocycles. The van der Waals surface area contributed by atoms with E-state index in [2.05, 4.69) is 11.5 Å². The molecule has 1 N–H and O–H groups in total. The van der Waals surface area contributed by atoms with Crippen molar-refractivity contribution in [3.63, 3.8) is 0 Å². The number of β-lactam (4-membered cyclic amide) rings is 1. The SMILES string of the molecule is C/C=C\C1=C(C(=O)O[SiH2]C)N2C(=O)C(N[SiH2]C)C2SC1.CC.CC. The minimum absolute atomic E-state index is 0.00303. The Morgan fingerprint density at radius 2 is 1.96 bits per heavy atom. The Kier molecular flexibility index (Phi) is 12.1. The van der Waals surface area contributed by atoms with Gasteiger partial charge in [-0.05, 0) is 19.0 Å². The van der Waals surface area contributed by atoms with E-state index in [9.17, 15) is 9.59 Å². The first-order valence-electron chi connectivity index (χ1n) is 8.86. The maximum Gasteiger partial charge on any atom is 0.341 e. The van der Waals surface area contributed by atoms with Crippen LogP contribution in [0.2, 0.25) is 13.1 Å². The molecule has 0 aromatic heterocycles. The zero-order valence-corrected chi connectivity index (χ0v) is 19.7. The fraction of sp³-hybridized carbons (Fsp3) is 0.625. The molecule has 0 bridgehead atoms. The molecule has 2 unspecified atom stereocenters. The molecule has 5 nitrogen and oxygen atoms in total. The number of nitrogens with zero attached hydrogens (tertiary/aromatic N) is 1. The Hall–Kier alpha value is -0.836. The Bertz CT molecular complexity index is 484. The quantitative estimate of drug-likeness (QED) is 0.572. The number of nitrogens with one attached hydrogen (secondary N) is 1. The van der Waals surface area contributed by atoms with Gasteiger partial charge in [-0.25, -0.2) is 4.79 Å². The second-order valence-corrected chi connectivity index (χ2v) is 7.63. The van der Waals surface area contributed by atoms with Crippen LogP contribution in [0.25, 0.3) is 0 Å². The van der Waals surface area contributed by atoms with Crippen LogP contribution in [0.5, 0.6) is 0 Å². The van der Waals surface area contributed by atoms with Crippen molar-refractivity contribution in [2.24, 2.45) is 0 Å². The first-order chi connectivity index (χ1) is 11.7. The first-order valence-corrected chi connectivity index (χ1v) is 14.0. The van der Waals surface area contributed by atoms with Gasteiger partial charge in [0, 0.05) is 5.75 Å². The van der Waals surface area contributed by atoms with Crippen LogP contribution >= 0.6 is 11.8 Å². The largest absolute Gasteiger partial charge is 0.521 e. The first kappa shape index (κ1) is 23.2. The van der Waals surface area contributed by atoms with Crippen molar-refractivity contribution in [3.8, 4) is 0 Å². The molecule has 1 amide bonds. The Balaban J connectivity index is 0.00000123. The summed E-state index contributed by atoms with van der Waals surface area (Å²) in [4.78, 5) is 29.4. The van der Waals surface area contributed by atoms with Crippen molar-refractivity contribution in [2.45, 2.75) is 59.1 Å². The number of hydrogen-bond donors (Lipinski definition) is 1. The lowest BCUT2D eigenvalue weighted by Crippen LogP contribution is -2.70. The second kappa shape index (κ2) is 12.5. The summed E-state index contributed by atoms with van der Waals surface area (Å²) >= 11 is 1.71. The molecule has 138 valence electrons. The monoisotopic (exact) mass is 388 g/mol. The number of carbonyl (C=O) groups excluding carboxylic acids is 2. The smallest absolute Gasteiger partial charge is 0.341 e. The summed E-state index contributed by atoms with van der Waals surface area (Å²) in [5.41, 5.74) is 1.35. The van der Waals surface area contributed by atoms with E-state index in [0.29, 0.717) is 5.70 Å². The molecule has 0 saturated carbocycles. The summed E-state index contributed by atoms with van der Waals surface area (Å²) in [5.74, 6) is 0.416. The number of hydrogen-bond acceptors (Lipinski definition) is 5. The van der Waals surface area contributed by atoms with Gasteiger partial charge in [-0.1, -0.05) is 46.4 Å². The van der Waals surface area contributed by atoms with E-state index in [1.807, 2.05) is 53.3 Å². The normalized spacial score (nSPS) is 23.0. The molecule has 1 saturated heterocycles. The van der Waals surface area contributed by atoms with Gasteiger partial charge in [0.2, 0.25) is 15.7 Å². The molecule has 2 atom stereocenters. The average molecular weight is 389 g/mol. The lowest BCUT2D eigenvalue weighted by Gasteiger charge is -2.49. The minimum Gasteiger partial charge on any atom is -0.521 e. The van der Waals surface area contributed by atoms with Crippen LogP contribution in [0.3, 0.4) is 0 Å². The Morgan fingerprint density at radius 1 is 1.33 bits per heavy atom. The van der Waals surface area contributed by atoms with Gasteiger partial charge in [-0.15, -0.1) is 11.8 Å². The van der Waals surface area contributed by atoms with Crippen LogP contribution in [0.1, 0.15) is 34.6 Å². The predicted molar refractivity (Wildman–Crippen MR) is 109 cm³/mol. The number of carbonyl (C=O) groups is 2.